The van der Waals surface area contributed by atoms with Gasteiger partial charge in [0.25, 0.3) is 0 Å². The lowest BCUT2D eigenvalue weighted by Gasteiger charge is -2.31. The molecule has 0 bridgehead atoms. The SMILES string of the molecule is COc1ccc([C@@H]2Nc3ccccc3NC3=C2C(=O)C[C@H](c2ccccc2Cl)C3)c(OC)c1OC. The van der Waals surface area contributed by atoms with E-state index in [0.717, 1.165) is 28.2 Å². The van der Waals surface area contributed by atoms with E-state index in [4.69, 9.17) is 25.8 Å². The number of para-hydroxylation sites is 2. The van der Waals surface area contributed by atoms with Crippen molar-refractivity contribution in [1.82, 2.24) is 0 Å². The van der Waals surface area contributed by atoms with Crippen LogP contribution in [0.2, 0.25) is 5.02 Å². The lowest BCUT2D eigenvalue weighted by molar-refractivity contribution is -0.116. The highest BCUT2D eigenvalue weighted by Gasteiger charge is 2.38. The van der Waals surface area contributed by atoms with Crippen LogP contribution in [0.15, 0.2) is 71.9 Å². The van der Waals surface area contributed by atoms with Gasteiger partial charge in [0.1, 0.15) is 0 Å². The zero-order valence-corrected chi connectivity index (χ0v) is 20.6. The van der Waals surface area contributed by atoms with Gasteiger partial charge in [0.05, 0.1) is 38.7 Å². The first kappa shape index (κ1) is 23.1. The van der Waals surface area contributed by atoms with E-state index in [1.807, 2.05) is 60.7 Å². The van der Waals surface area contributed by atoms with Crippen molar-refractivity contribution in [2.75, 3.05) is 32.0 Å². The van der Waals surface area contributed by atoms with Crippen LogP contribution in [0, 0.1) is 0 Å². The predicted octanol–water partition coefficient (Wildman–Crippen LogP) is 6.35. The zero-order chi connectivity index (χ0) is 24.5. The molecular weight excluding hydrogens is 464 g/mol. The molecule has 0 unspecified atom stereocenters. The summed E-state index contributed by atoms with van der Waals surface area (Å²) in [5.41, 5.74) is 5.16. The second-order valence-corrected chi connectivity index (χ2v) is 9.02. The Morgan fingerprint density at radius 3 is 2.23 bits per heavy atom. The molecule has 0 saturated heterocycles. The second kappa shape index (κ2) is 9.55. The maximum absolute atomic E-state index is 13.8. The van der Waals surface area contributed by atoms with E-state index >= 15 is 0 Å². The number of hydrogen-bond donors (Lipinski definition) is 2. The Labute approximate surface area is 209 Å². The maximum Gasteiger partial charge on any atom is 0.203 e. The number of carbonyl (C=O) groups is 1. The highest BCUT2D eigenvalue weighted by molar-refractivity contribution is 6.31. The number of allylic oxidation sites excluding steroid dienone is 1. The van der Waals surface area contributed by atoms with Gasteiger partial charge in [0.2, 0.25) is 5.75 Å². The number of benzene rings is 3. The lowest BCUT2D eigenvalue weighted by Crippen LogP contribution is -2.27. The molecule has 2 atom stereocenters. The van der Waals surface area contributed by atoms with Crippen molar-refractivity contribution in [3.63, 3.8) is 0 Å². The molecule has 7 heteroatoms. The van der Waals surface area contributed by atoms with Gasteiger partial charge in [0.15, 0.2) is 17.3 Å². The summed E-state index contributed by atoms with van der Waals surface area (Å²) < 4.78 is 16.9. The third-order valence-electron chi connectivity index (χ3n) is 6.70. The quantitative estimate of drug-likeness (QED) is 0.434. The molecule has 2 aliphatic rings. The molecule has 0 amide bonds. The third kappa shape index (κ3) is 4.08. The third-order valence-corrected chi connectivity index (χ3v) is 7.04. The van der Waals surface area contributed by atoms with Gasteiger partial charge in [-0.05, 0) is 48.2 Å². The van der Waals surface area contributed by atoms with E-state index in [2.05, 4.69) is 10.6 Å². The Morgan fingerprint density at radius 1 is 0.800 bits per heavy atom. The van der Waals surface area contributed by atoms with E-state index in [9.17, 15) is 4.79 Å². The largest absolute Gasteiger partial charge is 0.493 e. The molecule has 0 saturated carbocycles. The Bertz CT molecular complexity index is 1320. The number of fused-ring (bicyclic) bond motifs is 1. The number of Topliss-reactive ketones (excluding diaryl/α,β-unsaturated/α-hetero) is 1. The average molecular weight is 491 g/mol. The highest BCUT2D eigenvalue weighted by atomic mass is 35.5. The topological polar surface area (TPSA) is 68.8 Å². The van der Waals surface area contributed by atoms with Gasteiger partial charge in [0, 0.05) is 28.3 Å². The Hall–Kier alpha value is -3.64. The van der Waals surface area contributed by atoms with Gasteiger partial charge in [-0.1, -0.05) is 41.9 Å². The van der Waals surface area contributed by atoms with Crippen LogP contribution in [0.4, 0.5) is 11.4 Å². The summed E-state index contributed by atoms with van der Waals surface area (Å²) in [6, 6.07) is 19.0. The van der Waals surface area contributed by atoms with Crippen molar-refractivity contribution in [2.45, 2.75) is 24.8 Å². The monoisotopic (exact) mass is 490 g/mol. The van der Waals surface area contributed by atoms with Crippen molar-refractivity contribution in [1.29, 1.82) is 0 Å². The fourth-order valence-electron chi connectivity index (χ4n) is 5.10. The summed E-state index contributed by atoms with van der Waals surface area (Å²) in [4.78, 5) is 13.8. The van der Waals surface area contributed by atoms with Crippen LogP contribution in [-0.4, -0.2) is 27.1 Å². The molecule has 3 aromatic rings. The molecule has 0 aromatic heterocycles. The summed E-state index contributed by atoms with van der Waals surface area (Å²) in [6.07, 6.45) is 1.03. The minimum atomic E-state index is -0.449. The van der Waals surface area contributed by atoms with Crippen LogP contribution >= 0.6 is 11.6 Å². The number of rotatable bonds is 5. The fourth-order valence-corrected chi connectivity index (χ4v) is 5.39. The van der Waals surface area contributed by atoms with E-state index < -0.39 is 6.04 Å². The maximum atomic E-state index is 13.8. The Kier molecular flexibility index (Phi) is 6.31. The normalized spacial score (nSPS) is 19.0. The average Bonchev–Trinajstić information content (AvgIpc) is 3.04. The number of hydrogen-bond acceptors (Lipinski definition) is 6. The van der Waals surface area contributed by atoms with E-state index in [1.54, 1.807) is 21.3 Å². The van der Waals surface area contributed by atoms with Crippen LogP contribution < -0.4 is 24.8 Å². The number of anilines is 2. The summed E-state index contributed by atoms with van der Waals surface area (Å²) >= 11 is 6.52. The molecule has 0 fully saturated rings. The zero-order valence-electron chi connectivity index (χ0n) is 19.9. The lowest BCUT2D eigenvalue weighted by atomic mass is 9.78. The van der Waals surface area contributed by atoms with Gasteiger partial charge in [-0.3, -0.25) is 4.79 Å². The van der Waals surface area contributed by atoms with E-state index in [0.29, 0.717) is 40.7 Å². The first-order valence-electron chi connectivity index (χ1n) is 11.5. The van der Waals surface area contributed by atoms with Crippen LogP contribution in [0.3, 0.4) is 0 Å². The molecule has 2 N–H and O–H groups in total. The standard InChI is InChI=1S/C28H27ClN2O4/c1-33-24-13-12-18(27(34-2)28(24)35-3)26-25-22(30-20-10-6-7-11-21(20)31-26)14-16(15-23(25)32)17-8-4-5-9-19(17)29/h4-13,16,26,30-31H,14-15H2,1-3H3/t16-,26+/m1/s1. The summed E-state index contributed by atoms with van der Waals surface area (Å²) in [6.45, 7) is 0. The van der Waals surface area contributed by atoms with Crippen LogP contribution in [0.1, 0.15) is 35.9 Å². The van der Waals surface area contributed by atoms with Gasteiger partial charge >= 0.3 is 0 Å². The predicted molar refractivity (Wildman–Crippen MR) is 138 cm³/mol. The molecular formula is C28H27ClN2O4. The first-order valence-corrected chi connectivity index (χ1v) is 11.9. The van der Waals surface area contributed by atoms with Crippen molar-refractivity contribution in [3.8, 4) is 17.2 Å². The van der Waals surface area contributed by atoms with Crippen molar-refractivity contribution >= 4 is 28.8 Å². The number of carbonyl (C=O) groups excluding carboxylic acids is 1. The molecule has 3 aromatic carbocycles. The molecule has 1 heterocycles. The van der Waals surface area contributed by atoms with Crippen LogP contribution in [0.5, 0.6) is 17.2 Å². The molecule has 1 aliphatic heterocycles. The number of ketones is 1. The smallest absolute Gasteiger partial charge is 0.203 e. The van der Waals surface area contributed by atoms with Crippen LogP contribution in [-0.2, 0) is 4.79 Å². The molecule has 6 nitrogen and oxygen atoms in total. The van der Waals surface area contributed by atoms with Crippen molar-refractivity contribution in [3.05, 3.63) is 88.1 Å². The molecule has 0 spiro atoms. The van der Waals surface area contributed by atoms with Crippen LogP contribution in [0.25, 0.3) is 0 Å². The van der Waals surface area contributed by atoms with Gasteiger partial charge in [-0.25, -0.2) is 0 Å². The molecule has 35 heavy (non-hydrogen) atoms. The summed E-state index contributed by atoms with van der Waals surface area (Å²) in [5, 5.41) is 7.83. The highest BCUT2D eigenvalue weighted by Crippen LogP contribution is 2.49. The molecule has 1 aliphatic carbocycles. The van der Waals surface area contributed by atoms with Gasteiger partial charge in [-0.2, -0.15) is 0 Å². The Morgan fingerprint density at radius 2 is 1.51 bits per heavy atom. The number of halogens is 1. The second-order valence-electron chi connectivity index (χ2n) is 8.61. The number of nitrogens with one attached hydrogen (secondary N) is 2. The molecule has 5 rings (SSSR count). The molecule has 0 radical (unpaired) electrons. The number of ether oxygens (including phenoxy) is 3. The summed E-state index contributed by atoms with van der Waals surface area (Å²) in [7, 11) is 4.75. The Balaban J connectivity index is 1.68. The summed E-state index contributed by atoms with van der Waals surface area (Å²) in [5.74, 6) is 1.62. The van der Waals surface area contributed by atoms with E-state index in [1.165, 1.54) is 0 Å². The van der Waals surface area contributed by atoms with Gasteiger partial charge < -0.3 is 24.8 Å². The fraction of sp³-hybridized carbons (Fsp3) is 0.250. The van der Waals surface area contributed by atoms with Crippen molar-refractivity contribution < 1.29 is 19.0 Å². The van der Waals surface area contributed by atoms with Gasteiger partial charge in [-0.15, -0.1) is 0 Å². The minimum absolute atomic E-state index is 0.0133. The van der Waals surface area contributed by atoms with Crippen molar-refractivity contribution in [2.24, 2.45) is 0 Å². The van der Waals surface area contributed by atoms with E-state index in [-0.39, 0.29) is 11.7 Å². The first-order chi connectivity index (χ1) is 17.0. The minimum Gasteiger partial charge on any atom is -0.493 e. The molecule has 180 valence electrons. The number of methoxy groups -OCH3 is 3.